The number of aryl methyl sites for hydroxylation is 1. The van der Waals surface area contributed by atoms with E-state index in [0.29, 0.717) is 12.1 Å². The molecule has 1 amide bonds. The molecule has 7 heteroatoms. The Morgan fingerprint density at radius 2 is 2.00 bits per heavy atom. The molecule has 1 N–H and O–H groups in total. The maximum atomic E-state index is 13.4. The van der Waals surface area contributed by atoms with Gasteiger partial charge in [0, 0.05) is 31.1 Å². The Hall–Kier alpha value is -2.80. The van der Waals surface area contributed by atoms with Crippen LogP contribution in [0.4, 0.5) is 10.1 Å². The highest BCUT2D eigenvalue weighted by atomic mass is 19.1. The number of hydrogen-bond donors (Lipinski definition) is 1. The second-order valence-electron chi connectivity index (χ2n) is 8.10. The van der Waals surface area contributed by atoms with E-state index in [0.717, 1.165) is 56.5 Å². The van der Waals surface area contributed by atoms with E-state index < -0.39 is 0 Å². The Kier molecular flexibility index (Phi) is 4.75. The second kappa shape index (κ2) is 7.55. The van der Waals surface area contributed by atoms with Crippen LogP contribution in [-0.4, -0.2) is 47.1 Å². The summed E-state index contributed by atoms with van der Waals surface area (Å²) >= 11 is 0. The molecule has 0 radical (unpaired) electrons. The van der Waals surface area contributed by atoms with Crippen LogP contribution in [0.25, 0.3) is 11.0 Å². The lowest BCUT2D eigenvalue weighted by molar-refractivity contribution is -0.897. The summed E-state index contributed by atoms with van der Waals surface area (Å²) in [7, 11) is 0. The number of halogens is 1. The number of benzene rings is 2. The van der Waals surface area contributed by atoms with Crippen LogP contribution < -0.4 is 9.80 Å². The summed E-state index contributed by atoms with van der Waals surface area (Å²) in [4.78, 5) is 16.3. The first-order valence-corrected chi connectivity index (χ1v) is 10.4. The molecule has 0 aliphatic carbocycles. The van der Waals surface area contributed by atoms with Crippen molar-refractivity contribution in [2.45, 2.75) is 31.7 Å². The Bertz CT molecular complexity index is 1040. The maximum Gasteiger partial charge on any atom is 0.282 e. The summed E-state index contributed by atoms with van der Waals surface area (Å²) in [6.45, 7) is 3.19. The van der Waals surface area contributed by atoms with Gasteiger partial charge in [0.25, 0.3) is 5.91 Å². The van der Waals surface area contributed by atoms with E-state index in [4.69, 9.17) is 0 Å². The van der Waals surface area contributed by atoms with Crippen molar-refractivity contribution >= 4 is 22.6 Å². The average Bonchev–Trinajstić information content (AvgIpc) is 3.17. The Labute approximate surface area is 168 Å². The molecule has 0 bridgehead atoms. The highest BCUT2D eigenvalue weighted by molar-refractivity contribution is 5.95. The number of carbonyl (C=O) groups is 1. The van der Waals surface area contributed by atoms with Crippen LogP contribution in [0.1, 0.15) is 30.9 Å². The largest absolute Gasteiger partial charge is 0.327 e. The number of nitrogens with zero attached hydrogens (tertiary/aromatic N) is 4. The van der Waals surface area contributed by atoms with E-state index in [1.54, 1.807) is 6.07 Å². The number of likely N-dealkylation sites (tertiary alicyclic amines) is 1. The molecule has 0 spiro atoms. The van der Waals surface area contributed by atoms with Crippen LogP contribution in [0, 0.1) is 5.82 Å². The van der Waals surface area contributed by atoms with Gasteiger partial charge in [-0.25, -0.2) is 9.07 Å². The smallest absolute Gasteiger partial charge is 0.282 e. The predicted molar refractivity (Wildman–Crippen MR) is 108 cm³/mol. The van der Waals surface area contributed by atoms with Gasteiger partial charge in [-0.05, 0) is 36.6 Å². The summed E-state index contributed by atoms with van der Waals surface area (Å²) in [5, 5.41) is 8.37. The SMILES string of the molecule is O=C(C[NH+]1CCC(n2nnc3cc(F)ccc32)CC1)N1CCCc2ccccc21. The number of amides is 1. The van der Waals surface area contributed by atoms with Gasteiger partial charge in [0.1, 0.15) is 11.3 Å². The van der Waals surface area contributed by atoms with Crippen LogP contribution in [-0.2, 0) is 11.2 Å². The molecule has 0 saturated carbocycles. The molecule has 1 aromatic heterocycles. The Morgan fingerprint density at radius 3 is 2.86 bits per heavy atom. The molecule has 29 heavy (non-hydrogen) atoms. The molecule has 1 saturated heterocycles. The van der Waals surface area contributed by atoms with Gasteiger partial charge in [-0.1, -0.05) is 23.4 Å². The first kappa shape index (κ1) is 18.2. The van der Waals surface area contributed by atoms with Crippen molar-refractivity contribution in [2.75, 3.05) is 31.1 Å². The van der Waals surface area contributed by atoms with Gasteiger partial charge in [0.2, 0.25) is 0 Å². The number of quaternary nitrogens is 1. The monoisotopic (exact) mass is 394 g/mol. The number of rotatable bonds is 3. The zero-order chi connectivity index (χ0) is 19.8. The average molecular weight is 394 g/mol. The van der Waals surface area contributed by atoms with E-state index in [2.05, 4.69) is 22.4 Å². The minimum Gasteiger partial charge on any atom is -0.327 e. The minimum absolute atomic E-state index is 0.215. The van der Waals surface area contributed by atoms with Crippen molar-refractivity contribution in [3.8, 4) is 0 Å². The van der Waals surface area contributed by atoms with Gasteiger partial charge >= 0.3 is 0 Å². The highest BCUT2D eigenvalue weighted by Gasteiger charge is 2.30. The van der Waals surface area contributed by atoms with Gasteiger partial charge in [-0.3, -0.25) is 4.79 Å². The van der Waals surface area contributed by atoms with Crippen LogP contribution >= 0.6 is 0 Å². The minimum atomic E-state index is -0.290. The normalized spacial score (nSPS) is 21.9. The van der Waals surface area contributed by atoms with E-state index in [1.165, 1.54) is 22.6 Å². The van der Waals surface area contributed by atoms with Crippen molar-refractivity contribution in [2.24, 2.45) is 0 Å². The molecule has 6 nitrogen and oxygen atoms in total. The number of para-hydroxylation sites is 1. The molecule has 5 rings (SSSR count). The summed E-state index contributed by atoms with van der Waals surface area (Å²) < 4.78 is 15.3. The fourth-order valence-electron chi connectivity index (χ4n) is 4.72. The van der Waals surface area contributed by atoms with Crippen molar-refractivity contribution in [1.29, 1.82) is 0 Å². The molecule has 3 heterocycles. The van der Waals surface area contributed by atoms with Crippen molar-refractivity contribution < 1.29 is 14.1 Å². The Balaban J connectivity index is 1.23. The third-order valence-electron chi connectivity index (χ3n) is 6.25. The second-order valence-corrected chi connectivity index (χ2v) is 8.10. The highest BCUT2D eigenvalue weighted by Crippen LogP contribution is 2.26. The van der Waals surface area contributed by atoms with Crippen molar-refractivity contribution in [3.63, 3.8) is 0 Å². The fraction of sp³-hybridized carbons (Fsp3) is 0.409. The molecule has 1 fully saturated rings. The number of fused-ring (bicyclic) bond motifs is 2. The number of hydrogen-bond acceptors (Lipinski definition) is 3. The predicted octanol–water partition coefficient (Wildman–Crippen LogP) is 1.77. The molecule has 2 aliphatic rings. The zero-order valence-electron chi connectivity index (χ0n) is 16.4. The molecular formula is C22H25FN5O+. The standard InChI is InChI=1S/C22H24FN5O/c23-17-7-8-21-19(14-17)24-25-28(21)18-9-12-26(13-10-18)15-22(29)27-11-3-5-16-4-1-2-6-20(16)27/h1-2,4,6-8,14,18H,3,5,9-13,15H2/p+1. The zero-order valence-corrected chi connectivity index (χ0v) is 16.4. The lowest BCUT2D eigenvalue weighted by atomic mass is 10.0. The molecule has 3 aromatic rings. The first-order chi connectivity index (χ1) is 14.2. The van der Waals surface area contributed by atoms with Gasteiger partial charge in [-0.15, -0.1) is 5.10 Å². The number of anilines is 1. The van der Waals surface area contributed by atoms with Crippen LogP contribution in [0.2, 0.25) is 0 Å². The molecule has 2 aromatic carbocycles. The van der Waals surface area contributed by atoms with Crippen LogP contribution in [0.3, 0.4) is 0 Å². The van der Waals surface area contributed by atoms with Gasteiger partial charge in [-0.2, -0.15) is 0 Å². The van der Waals surface area contributed by atoms with E-state index in [1.807, 2.05) is 21.7 Å². The number of piperidine rings is 1. The molecular weight excluding hydrogens is 369 g/mol. The summed E-state index contributed by atoms with van der Waals surface area (Å²) in [6.07, 6.45) is 3.96. The molecule has 0 atom stereocenters. The maximum absolute atomic E-state index is 13.4. The fourth-order valence-corrected chi connectivity index (χ4v) is 4.72. The van der Waals surface area contributed by atoms with Crippen molar-refractivity contribution in [3.05, 3.63) is 53.8 Å². The molecule has 150 valence electrons. The number of nitrogens with one attached hydrogen (secondary N) is 1. The number of carbonyl (C=O) groups excluding carboxylic acids is 1. The molecule has 2 aliphatic heterocycles. The summed E-state index contributed by atoms with van der Waals surface area (Å²) in [5.74, 6) is -0.0751. The van der Waals surface area contributed by atoms with E-state index in [9.17, 15) is 9.18 Å². The van der Waals surface area contributed by atoms with Crippen LogP contribution in [0.15, 0.2) is 42.5 Å². The lowest BCUT2D eigenvalue weighted by Crippen LogP contribution is -3.14. The van der Waals surface area contributed by atoms with Gasteiger partial charge in [0.05, 0.1) is 24.6 Å². The summed E-state index contributed by atoms with van der Waals surface area (Å²) in [5.41, 5.74) is 3.83. The van der Waals surface area contributed by atoms with Crippen molar-refractivity contribution in [1.82, 2.24) is 15.0 Å². The van der Waals surface area contributed by atoms with E-state index in [-0.39, 0.29) is 17.8 Å². The third-order valence-corrected chi connectivity index (χ3v) is 6.25. The summed E-state index contributed by atoms with van der Waals surface area (Å²) in [6, 6.07) is 13.1. The van der Waals surface area contributed by atoms with Crippen LogP contribution in [0.5, 0.6) is 0 Å². The van der Waals surface area contributed by atoms with E-state index >= 15 is 0 Å². The lowest BCUT2D eigenvalue weighted by Gasteiger charge is -2.33. The topological polar surface area (TPSA) is 55.5 Å². The van der Waals surface area contributed by atoms with Gasteiger partial charge < -0.3 is 9.80 Å². The quantitative estimate of drug-likeness (QED) is 0.737. The van der Waals surface area contributed by atoms with Gasteiger partial charge in [0.15, 0.2) is 6.54 Å². The Morgan fingerprint density at radius 1 is 1.17 bits per heavy atom. The number of aromatic nitrogens is 3. The third kappa shape index (κ3) is 3.51. The molecule has 0 unspecified atom stereocenters. The first-order valence-electron chi connectivity index (χ1n) is 10.4.